The number of rotatable bonds is 3. The number of nitrogens with one attached hydrogen (secondary N) is 1. The van der Waals surface area contributed by atoms with Crippen LogP contribution in [-0.2, 0) is 4.79 Å². The molecule has 2 aromatic carbocycles. The van der Waals surface area contributed by atoms with Gasteiger partial charge in [-0.1, -0.05) is 36.4 Å². The minimum absolute atomic E-state index is 0.0352. The van der Waals surface area contributed by atoms with Crippen molar-refractivity contribution in [3.63, 3.8) is 0 Å². The molecule has 0 saturated heterocycles. The highest BCUT2D eigenvalue weighted by Gasteiger charge is 2.37. The number of hydrogen-bond acceptors (Lipinski definition) is 3. The Labute approximate surface area is 141 Å². The number of likely N-dealkylation sites (N-methyl/N-ethyl adjacent to an activating group) is 1. The van der Waals surface area contributed by atoms with E-state index in [4.69, 9.17) is 0 Å². The Kier molecular flexibility index (Phi) is 4.25. The van der Waals surface area contributed by atoms with E-state index in [1.807, 2.05) is 54.3 Å². The van der Waals surface area contributed by atoms with E-state index in [2.05, 4.69) is 5.32 Å². The molecule has 0 radical (unpaired) electrons. The minimum atomic E-state index is -0.314. The SMILES string of the molecule is CNC(=O)CN1c2ccccc2C(=O)N(C)[C@H]1c1ccccc1C. The zero-order valence-electron chi connectivity index (χ0n) is 14.1. The summed E-state index contributed by atoms with van der Waals surface area (Å²) in [6.45, 7) is 2.20. The fourth-order valence-electron chi connectivity index (χ4n) is 3.21. The molecule has 2 aromatic rings. The first-order valence-electron chi connectivity index (χ1n) is 7.93. The molecule has 0 fully saturated rings. The molecule has 0 bridgehead atoms. The highest BCUT2D eigenvalue weighted by Crippen LogP contribution is 2.38. The van der Waals surface area contributed by atoms with Crippen LogP contribution in [0.15, 0.2) is 48.5 Å². The van der Waals surface area contributed by atoms with Gasteiger partial charge < -0.3 is 15.1 Å². The summed E-state index contributed by atoms with van der Waals surface area (Å²) in [5.74, 6) is -0.127. The number of nitrogens with zero attached hydrogens (tertiary/aromatic N) is 2. The third-order valence-electron chi connectivity index (χ3n) is 4.49. The van der Waals surface area contributed by atoms with Gasteiger partial charge in [0.05, 0.1) is 17.8 Å². The predicted octanol–water partition coefficient (Wildman–Crippen LogP) is 2.33. The van der Waals surface area contributed by atoms with E-state index < -0.39 is 0 Å². The van der Waals surface area contributed by atoms with Crippen LogP contribution in [0.5, 0.6) is 0 Å². The van der Waals surface area contributed by atoms with Crippen LogP contribution in [-0.4, -0.2) is 37.4 Å². The Morgan fingerprint density at radius 2 is 1.79 bits per heavy atom. The van der Waals surface area contributed by atoms with Crippen LogP contribution >= 0.6 is 0 Å². The minimum Gasteiger partial charge on any atom is -0.358 e. The summed E-state index contributed by atoms with van der Waals surface area (Å²) in [6.07, 6.45) is -0.314. The third kappa shape index (κ3) is 2.62. The van der Waals surface area contributed by atoms with E-state index in [0.29, 0.717) is 5.56 Å². The van der Waals surface area contributed by atoms with E-state index in [1.165, 1.54) is 0 Å². The average molecular weight is 323 g/mol. The van der Waals surface area contributed by atoms with Crippen molar-refractivity contribution in [1.29, 1.82) is 0 Å². The Morgan fingerprint density at radius 3 is 2.50 bits per heavy atom. The van der Waals surface area contributed by atoms with E-state index in [9.17, 15) is 9.59 Å². The molecule has 24 heavy (non-hydrogen) atoms. The molecule has 1 heterocycles. The molecule has 1 N–H and O–H groups in total. The number of aryl methyl sites for hydroxylation is 1. The van der Waals surface area contributed by atoms with Crippen molar-refractivity contribution < 1.29 is 9.59 Å². The Bertz CT molecular complexity index is 788. The molecule has 3 rings (SSSR count). The summed E-state index contributed by atoms with van der Waals surface area (Å²) in [7, 11) is 3.40. The Balaban J connectivity index is 2.16. The van der Waals surface area contributed by atoms with Gasteiger partial charge in [-0.05, 0) is 30.2 Å². The normalized spacial score (nSPS) is 16.8. The molecular formula is C19H21N3O2. The number of carbonyl (C=O) groups is 2. The molecule has 5 nitrogen and oxygen atoms in total. The molecule has 0 saturated carbocycles. The van der Waals surface area contributed by atoms with Crippen molar-refractivity contribution in [2.24, 2.45) is 0 Å². The van der Waals surface area contributed by atoms with E-state index in [-0.39, 0.29) is 24.5 Å². The third-order valence-corrected chi connectivity index (χ3v) is 4.49. The molecule has 124 valence electrons. The van der Waals surface area contributed by atoms with Crippen LogP contribution in [0.4, 0.5) is 5.69 Å². The van der Waals surface area contributed by atoms with Crippen molar-refractivity contribution in [2.75, 3.05) is 25.5 Å². The van der Waals surface area contributed by atoms with E-state index >= 15 is 0 Å². The summed E-state index contributed by atoms with van der Waals surface area (Å²) >= 11 is 0. The lowest BCUT2D eigenvalue weighted by atomic mass is 9.98. The van der Waals surface area contributed by atoms with Crippen molar-refractivity contribution in [3.05, 3.63) is 65.2 Å². The van der Waals surface area contributed by atoms with Crippen LogP contribution in [0.2, 0.25) is 0 Å². The van der Waals surface area contributed by atoms with Crippen molar-refractivity contribution in [2.45, 2.75) is 13.1 Å². The van der Waals surface area contributed by atoms with Crippen LogP contribution in [0.1, 0.15) is 27.7 Å². The molecular weight excluding hydrogens is 302 g/mol. The fourth-order valence-corrected chi connectivity index (χ4v) is 3.21. The van der Waals surface area contributed by atoms with Gasteiger partial charge in [-0.15, -0.1) is 0 Å². The van der Waals surface area contributed by atoms with E-state index in [0.717, 1.165) is 16.8 Å². The van der Waals surface area contributed by atoms with E-state index in [1.54, 1.807) is 25.1 Å². The van der Waals surface area contributed by atoms with Gasteiger partial charge in [0.1, 0.15) is 6.17 Å². The number of carbonyl (C=O) groups excluding carboxylic acids is 2. The fraction of sp³-hybridized carbons (Fsp3) is 0.263. The molecule has 5 heteroatoms. The molecule has 0 aromatic heterocycles. The number of anilines is 1. The highest BCUT2D eigenvalue weighted by molar-refractivity contribution is 6.02. The number of benzene rings is 2. The first kappa shape index (κ1) is 16.1. The lowest BCUT2D eigenvalue weighted by Gasteiger charge is -2.44. The monoisotopic (exact) mass is 323 g/mol. The van der Waals surface area contributed by atoms with Crippen LogP contribution in [0.3, 0.4) is 0 Å². The predicted molar refractivity (Wildman–Crippen MR) is 93.9 cm³/mol. The van der Waals surface area contributed by atoms with Crippen molar-refractivity contribution in [3.8, 4) is 0 Å². The summed E-state index contributed by atoms with van der Waals surface area (Å²) in [6, 6.07) is 15.4. The lowest BCUT2D eigenvalue weighted by Crippen LogP contribution is -2.50. The topological polar surface area (TPSA) is 52.7 Å². The van der Waals surface area contributed by atoms with Crippen molar-refractivity contribution in [1.82, 2.24) is 10.2 Å². The van der Waals surface area contributed by atoms with Crippen LogP contribution in [0.25, 0.3) is 0 Å². The van der Waals surface area contributed by atoms with Gasteiger partial charge >= 0.3 is 0 Å². The first-order chi connectivity index (χ1) is 11.5. The van der Waals surface area contributed by atoms with Gasteiger partial charge in [0.2, 0.25) is 5.91 Å². The number of fused-ring (bicyclic) bond motifs is 1. The standard InChI is InChI=1S/C19H21N3O2/c1-13-8-4-5-9-14(13)18-21(3)19(24)15-10-6-7-11-16(15)22(18)12-17(23)20-2/h4-11,18H,12H2,1-3H3,(H,20,23)/t18-/m1/s1. The molecule has 0 aliphatic carbocycles. The molecule has 1 atom stereocenters. The first-order valence-corrected chi connectivity index (χ1v) is 7.93. The lowest BCUT2D eigenvalue weighted by molar-refractivity contribution is -0.119. The zero-order valence-corrected chi connectivity index (χ0v) is 14.1. The van der Waals surface area contributed by atoms with Gasteiger partial charge in [0.15, 0.2) is 0 Å². The van der Waals surface area contributed by atoms with Crippen LogP contribution in [0, 0.1) is 6.92 Å². The maximum Gasteiger partial charge on any atom is 0.257 e. The largest absolute Gasteiger partial charge is 0.358 e. The van der Waals surface area contributed by atoms with Gasteiger partial charge in [0.25, 0.3) is 5.91 Å². The Morgan fingerprint density at radius 1 is 1.12 bits per heavy atom. The van der Waals surface area contributed by atoms with Gasteiger partial charge in [-0.25, -0.2) is 0 Å². The zero-order chi connectivity index (χ0) is 17.3. The van der Waals surface area contributed by atoms with Gasteiger partial charge in [-0.3, -0.25) is 9.59 Å². The van der Waals surface area contributed by atoms with Gasteiger partial charge in [0, 0.05) is 14.1 Å². The molecule has 1 aliphatic heterocycles. The summed E-state index contributed by atoms with van der Waals surface area (Å²) < 4.78 is 0. The molecule has 1 aliphatic rings. The van der Waals surface area contributed by atoms with Gasteiger partial charge in [-0.2, -0.15) is 0 Å². The maximum absolute atomic E-state index is 12.8. The molecule has 0 spiro atoms. The number of para-hydroxylation sites is 1. The highest BCUT2D eigenvalue weighted by atomic mass is 16.2. The number of hydrogen-bond donors (Lipinski definition) is 1. The maximum atomic E-state index is 12.8. The quantitative estimate of drug-likeness (QED) is 0.943. The smallest absolute Gasteiger partial charge is 0.257 e. The Hall–Kier alpha value is -2.82. The van der Waals surface area contributed by atoms with Crippen LogP contribution < -0.4 is 10.2 Å². The molecule has 2 amide bonds. The average Bonchev–Trinajstić information content (AvgIpc) is 2.60. The second-order valence-electron chi connectivity index (χ2n) is 5.96. The number of amides is 2. The second kappa shape index (κ2) is 6.35. The molecule has 0 unspecified atom stereocenters. The summed E-state index contributed by atoms with van der Waals surface area (Å²) in [5.41, 5.74) is 3.52. The van der Waals surface area contributed by atoms with Crippen molar-refractivity contribution >= 4 is 17.5 Å². The second-order valence-corrected chi connectivity index (χ2v) is 5.96. The summed E-state index contributed by atoms with van der Waals surface area (Å²) in [5, 5.41) is 2.67. The summed E-state index contributed by atoms with van der Waals surface area (Å²) in [4.78, 5) is 28.6.